The van der Waals surface area contributed by atoms with Crippen molar-refractivity contribution in [2.75, 3.05) is 0 Å². The summed E-state index contributed by atoms with van der Waals surface area (Å²) < 4.78 is 44.4. The Labute approximate surface area is 207 Å². The van der Waals surface area contributed by atoms with Crippen LogP contribution in [-0.2, 0) is 22.8 Å². The van der Waals surface area contributed by atoms with Crippen molar-refractivity contribution >= 4 is 39.1 Å². The third-order valence-corrected chi connectivity index (χ3v) is 1.88. The molecule has 15 N–H and O–H groups in total. The van der Waals surface area contributed by atoms with Gasteiger partial charge in [-0.25, -0.2) is 22.8 Å². The van der Waals surface area contributed by atoms with E-state index in [0.29, 0.717) is 0 Å². The molecular weight excluding hydrogens is 619 g/mol. The van der Waals surface area contributed by atoms with Crippen molar-refractivity contribution in [1.29, 1.82) is 0 Å². The zero-order chi connectivity index (χ0) is 30.7. The first kappa shape index (κ1) is 43.1. The number of phosphoric acid groups is 5. The predicted octanol–water partition coefficient (Wildman–Crippen LogP) is -1.29. The van der Waals surface area contributed by atoms with E-state index >= 15 is 0 Å². The highest BCUT2D eigenvalue weighted by Gasteiger charge is 2.02. The molecule has 0 atom stereocenters. The van der Waals surface area contributed by atoms with Crippen molar-refractivity contribution in [3.8, 4) is 11.1 Å². The summed E-state index contributed by atoms with van der Waals surface area (Å²) in [4.78, 5) is 108. The lowest BCUT2D eigenvalue weighted by molar-refractivity contribution is 0.272. The van der Waals surface area contributed by atoms with Gasteiger partial charge in [0.1, 0.15) is 0 Å². The van der Waals surface area contributed by atoms with Gasteiger partial charge in [-0.3, -0.25) is 0 Å². The van der Waals surface area contributed by atoms with E-state index < -0.39 is 39.1 Å². The van der Waals surface area contributed by atoms with Crippen LogP contribution in [0.5, 0.6) is 0 Å². The second kappa shape index (κ2) is 20.0. The average Bonchev–Trinajstić information content (AvgIpc) is 2.56. The van der Waals surface area contributed by atoms with Crippen molar-refractivity contribution in [1.82, 2.24) is 0 Å². The first-order valence-electron chi connectivity index (χ1n) is 7.98. The maximum atomic E-state index is 8.88. The molecule has 218 valence electrons. The summed E-state index contributed by atoms with van der Waals surface area (Å²) in [5, 5.41) is 0. The summed E-state index contributed by atoms with van der Waals surface area (Å²) in [7, 11) is -23.2. The van der Waals surface area contributed by atoms with Crippen LogP contribution < -0.4 is 0 Å². The molecule has 0 aliphatic rings. The van der Waals surface area contributed by atoms with Crippen molar-refractivity contribution in [3.05, 3.63) is 60.7 Å². The molecular formula is C12H25O20P5. The largest absolute Gasteiger partial charge is 0.466 e. The summed E-state index contributed by atoms with van der Waals surface area (Å²) in [6, 6.07) is 20.8. The van der Waals surface area contributed by atoms with Gasteiger partial charge in [-0.2, -0.15) is 0 Å². The van der Waals surface area contributed by atoms with E-state index in [2.05, 4.69) is 48.5 Å². The Morgan fingerprint density at radius 3 is 0.514 bits per heavy atom. The first-order chi connectivity index (χ1) is 16.0. The topological polar surface area (TPSA) is 389 Å². The molecule has 2 aromatic carbocycles. The number of rotatable bonds is 1. The maximum absolute atomic E-state index is 8.88. The Hall–Kier alpha value is -1.01. The lowest BCUT2D eigenvalue weighted by atomic mass is 10.1. The third-order valence-electron chi connectivity index (χ3n) is 1.88. The smallest absolute Gasteiger partial charge is 0.303 e. The molecule has 0 radical (unpaired) electrons. The van der Waals surface area contributed by atoms with Gasteiger partial charge in [-0.15, -0.1) is 0 Å². The maximum Gasteiger partial charge on any atom is 0.466 e. The molecule has 0 aromatic heterocycles. The van der Waals surface area contributed by atoms with Crippen LogP contribution in [0.3, 0.4) is 0 Å². The summed E-state index contributed by atoms with van der Waals surface area (Å²) in [6.07, 6.45) is 0. The Morgan fingerprint density at radius 2 is 0.405 bits per heavy atom. The molecule has 0 saturated heterocycles. The fourth-order valence-corrected chi connectivity index (χ4v) is 1.26. The van der Waals surface area contributed by atoms with Crippen LogP contribution >= 0.6 is 39.1 Å². The lowest BCUT2D eigenvalue weighted by Crippen LogP contribution is -1.73. The van der Waals surface area contributed by atoms with E-state index in [1.807, 2.05) is 12.1 Å². The normalized spacial score (nSPS) is 11.1. The molecule has 0 aliphatic heterocycles. The van der Waals surface area contributed by atoms with Crippen molar-refractivity contribution in [2.24, 2.45) is 0 Å². The zero-order valence-corrected chi connectivity index (χ0v) is 22.2. The number of hydrogen-bond donors (Lipinski definition) is 15. The Balaban J connectivity index is -0.000000189. The molecule has 0 fully saturated rings. The van der Waals surface area contributed by atoms with Crippen LogP contribution in [0.25, 0.3) is 11.1 Å². The van der Waals surface area contributed by atoms with E-state index in [4.69, 9.17) is 96.2 Å². The third kappa shape index (κ3) is 106. The van der Waals surface area contributed by atoms with Gasteiger partial charge in [-0.05, 0) is 11.1 Å². The second-order valence-electron chi connectivity index (χ2n) is 5.30. The van der Waals surface area contributed by atoms with Crippen LogP contribution in [0.2, 0.25) is 0 Å². The first-order valence-corrected chi connectivity index (χ1v) is 15.8. The van der Waals surface area contributed by atoms with Crippen LogP contribution in [0.15, 0.2) is 60.7 Å². The van der Waals surface area contributed by atoms with E-state index in [-0.39, 0.29) is 0 Å². The zero-order valence-electron chi connectivity index (χ0n) is 17.8. The molecule has 20 nitrogen and oxygen atoms in total. The predicted molar refractivity (Wildman–Crippen MR) is 123 cm³/mol. The van der Waals surface area contributed by atoms with Gasteiger partial charge in [0.25, 0.3) is 0 Å². The van der Waals surface area contributed by atoms with Crippen LogP contribution in [0, 0.1) is 0 Å². The van der Waals surface area contributed by atoms with Gasteiger partial charge >= 0.3 is 39.1 Å². The minimum Gasteiger partial charge on any atom is -0.303 e. The second-order valence-corrected chi connectivity index (χ2v) is 10.4. The molecule has 37 heavy (non-hydrogen) atoms. The van der Waals surface area contributed by atoms with Crippen LogP contribution in [-0.4, -0.2) is 73.4 Å². The molecule has 2 aromatic rings. The monoisotopic (exact) mass is 644 g/mol. The van der Waals surface area contributed by atoms with Crippen LogP contribution in [0.1, 0.15) is 0 Å². The molecule has 0 heterocycles. The molecule has 0 bridgehead atoms. The Morgan fingerprint density at radius 1 is 0.297 bits per heavy atom. The van der Waals surface area contributed by atoms with Gasteiger partial charge in [0.15, 0.2) is 0 Å². The van der Waals surface area contributed by atoms with E-state index in [1.165, 1.54) is 11.1 Å². The molecule has 0 saturated carbocycles. The van der Waals surface area contributed by atoms with E-state index in [0.717, 1.165) is 0 Å². The number of hydrogen-bond acceptors (Lipinski definition) is 5. The van der Waals surface area contributed by atoms with Crippen molar-refractivity contribution in [2.45, 2.75) is 0 Å². The number of benzene rings is 2. The minimum absolute atomic E-state index is 1.28. The molecule has 25 heteroatoms. The summed E-state index contributed by atoms with van der Waals surface area (Å²) in [5.74, 6) is 0. The molecule has 0 aliphatic carbocycles. The quantitative estimate of drug-likeness (QED) is 0.160. The standard InChI is InChI=1S/C12H10.5H3O4P/c1-3-7-11(8-4-1)12-9-5-2-6-10-12;5*1-5(2,3)4/h1-10H;5*(H3,1,2,3,4). The Bertz CT molecular complexity index is 868. The van der Waals surface area contributed by atoms with Gasteiger partial charge in [0.05, 0.1) is 0 Å². The molecule has 2 rings (SSSR count). The fraction of sp³-hybridized carbons (Fsp3) is 0. The minimum atomic E-state index is -4.64. The highest BCUT2D eigenvalue weighted by Crippen LogP contribution is 2.27. The SMILES string of the molecule is O=P(O)(O)O.O=P(O)(O)O.O=P(O)(O)O.O=P(O)(O)O.O=P(O)(O)O.c1ccc(-c2ccccc2)cc1. The Kier molecular flexibility index (Phi) is 23.2. The van der Waals surface area contributed by atoms with Gasteiger partial charge < -0.3 is 73.4 Å². The summed E-state index contributed by atoms with van der Waals surface area (Å²) in [6.45, 7) is 0. The summed E-state index contributed by atoms with van der Waals surface area (Å²) >= 11 is 0. The highest BCUT2D eigenvalue weighted by molar-refractivity contribution is 7.46. The van der Waals surface area contributed by atoms with E-state index in [9.17, 15) is 0 Å². The van der Waals surface area contributed by atoms with Gasteiger partial charge in [-0.1, -0.05) is 60.7 Å². The van der Waals surface area contributed by atoms with Crippen molar-refractivity contribution < 1.29 is 96.2 Å². The van der Waals surface area contributed by atoms with Gasteiger partial charge in [0.2, 0.25) is 0 Å². The van der Waals surface area contributed by atoms with E-state index in [1.54, 1.807) is 0 Å². The average molecular weight is 644 g/mol. The van der Waals surface area contributed by atoms with Crippen molar-refractivity contribution in [3.63, 3.8) is 0 Å². The highest BCUT2D eigenvalue weighted by atomic mass is 31.2. The van der Waals surface area contributed by atoms with Gasteiger partial charge in [0, 0.05) is 0 Å². The lowest BCUT2D eigenvalue weighted by Gasteiger charge is -1.98. The molecule has 0 unspecified atom stereocenters. The molecule has 0 spiro atoms. The fourth-order valence-electron chi connectivity index (χ4n) is 1.26. The molecule has 0 amide bonds. The van der Waals surface area contributed by atoms with Crippen LogP contribution in [0.4, 0.5) is 0 Å². The summed E-state index contributed by atoms with van der Waals surface area (Å²) in [5.41, 5.74) is 2.55.